The van der Waals surface area contributed by atoms with Crippen LogP contribution in [0.4, 0.5) is 0 Å². The van der Waals surface area contributed by atoms with Crippen LogP contribution in [0.3, 0.4) is 0 Å². The van der Waals surface area contributed by atoms with Gasteiger partial charge in [0.2, 0.25) is 0 Å². The van der Waals surface area contributed by atoms with Gasteiger partial charge in [0.25, 0.3) is 0 Å². The molecule has 62 heavy (non-hydrogen) atoms. The van der Waals surface area contributed by atoms with Gasteiger partial charge in [-0.05, 0) is 152 Å². The number of furan rings is 3. The topological polar surface area (TPSA) is 65.4 Å². The molecule has 0 bridgehead atoms. The number of aryl methyl sites for hydroxylation is 2. The van der Waals surface area contributed by atoms with Crippen molar-refractivity contribution in [3.8, 4) is 33.4 Å². The third-order valence-electron chi connectivity index (χ3n) is 11.7. The summed E-state index contributed by atoms with van der Waals surface area (Å²) in [6.07, 6.45) is 28.6. The zero-order valence-corrected chi connectivity index (χ0v) is 38.7. The lowest BCUT2D eigenvalue weighted by Gasteiger charge is -2.13. The van der Waals surface area contributed by atoms with Gasteiger partial charge >= 0.3 is 0 Å². The Labute approximate surface area is 371 Å². The average molecular weight is 828 g/mol. The highest BCUT2D eigenvalue weighted by Crippen LogP contribution is 2.41. The van der Waals surface area contributed by atoms with Crippen LogP contribution >= 0.6 is 0 Å². The Kier molecular flexibility index (Phi) is 16.7. The summed E-state index contributed by atoms with van der Waals surface area (Å²) in [4.78, 5) is 0. The molecule has 1 unspecified atom stereocenters. The molecule has 8 rings (SSSR count). The molecule has 0 aliphatic heterocycles. The van der Waals surface area contributed by atoms with E-state index in [1.165, 1.54) is 59.6 Å². The van der Waals surface area contributed by atoms with E-state index in [4.69, 9.17) is 19.0 Å². The molecule has 0 saturated carbocycles. The summed E-state index contributed by atoms with van der Waals surface area (Å²) in [5.41, 5.74) is 19.3. The van der Waals surface area contributed by atoms with E-state index in [2.05, 4.69) is 146 Å². The summed E-state index contributed by atoms with van der Waals surface area (Å²) in [5.74, 6) is 3.13. The molecule has 3 heterocycles. The molecular weight excluding hydrogens is 759 g/mol. The minimum atomic E-state index is 0.356. The normalized spacial score (nSPS) is 14.3. The van der Waals surface area contributed by atoms with Gasteiger partial charge < -0.3 is 19.0 Å². The zero-order chi connectivity index (χ0) is 44.0. The molecule has 2 N–H and O–H groups in total. The van der Waals surface area contributed by atoms with Crippen molar-refractivity contribution < 1.29 is 13.3 Å². The van der Waals surface area contributed by atoms with Crippen LogP contribution in [-0.4, -0.2) is 6.54 Å². The van der Waals surface area contributed by atoms with Gasteiger partial charge in [0.05, 0.1) is 0 Å². The Bertz CT molecular complexity index is 2670. The number of rotatable bonds is 12. The molecule has 0 amide bonds. The number of benzene rings is 4. The molecule has 4 nitrogen and oxygen atoms in total. The number of fused-ring (bicyclic) bond motifs is 5. The lowest BCUT2D eigenvalue weighted by atomic mass is 9.89. The average Bonchev–Trinajstić information content (AvgIpc) is 3.96. The maximum atomic E-state index is 6.48. The van der Waals surface area contributed by atoms with E-state index in [1.54, 1.807) is 0 Å². The van der Waals surface area contributed by atoms with Gasteiger partial charge in [0, 0.05) is 39.4 Å². The molecule has 1 aliphatic carbocycles. The Morgan fingerprint density at radius 3 is 1.79 bits per heavy atom. The first-order chi connectivity index (χ1) is 30.3. The van der Waals surface area contributed by atoms with E-state index in [0.29, 0.717) is 12.5 Å². The van der Waals surface area contributed by atoms with Gasteiger partial charge in [-0.25, -0.2) is 0 Å². The molecule has 4 heteroatoms. The number of hydrogen-bond donors (Lipinski definition) is 1. The van der Waals surface area contributed by atoms with Crippen molar-refractivity contribution in [2.45, 2.75) is 126 Å². The Morgan fingerprint density at radius 2 is 1.21 bits per heavy atom. The van der Waals surface area contributed by atoms with Crippen LogP contribution in [0.2, 0.25) is 0 Å². The van der Waals surface area contributed by atoms with Gasteiger partial charge in [-0.15, -0.1) is 0 Å². The van der Waals surface area contributed by atoms with Gasteiger partial charge in [-0.3, -0.25) is 0 Å². The largest absolute Gasteiger partial charge is 0.456 e. The highest BCUT2D eigenvalue weighted by molar-refractivity contribution is 5.95. The van der Waals surface area contributed by atoms with Crippen molar-refractivity contribution in [1.82, 2.24) is 0 Å². The van der Waals surface area contributed by atoms with E-state index in [0.717, 1.165) is 105 Å². The molecule has 4 aromatic carbocycles. The predicted octanol–water partition coefficient (Wildman–Crippen LogP) is 18.1. The van der Waals surface area contributed by atoms with Gasteiger partial charge in [0.15, 0.2) is 0 Å². The molecule has 1 atom stereocenters. The quantitative estimate of drug-likeness (QED) is 0.133. The summed E-state index contributed by atoms with van der Waals surface area (Å²) in [6, 6.07) is 26.9. The standard InChI is InChI=1S/C50H49NO3.C5H12.C3H8/c1-5-7-15-32(3)50-43-31-36(21-24-48(43)54-49(50)18-13-25-51)39-27-37(34-19-22-46-41(29-34)33(4)44(52-46)14-6-2)26-38(28-39)35-20-23-47-42(30-35)40-16-11-9-8-10-12-17-45(40)53-47;1-3-5-4-2;1-3-2/h6,8,10,12-14,17-24,26-32H,5,7,9,11,15-16,25,51H2,1-4H3;3-5H2,1-2H3;3H2,1-2H3/b10-8+,14-6-,17-12-,18-13-;;. The number of allylic oxidation sites excluding steroid dienone is 4. The van der Waals surface area contributed by atoms with E-state index in [-0.39, 0.29) is 0 Å². The van der Waals surface area contributed by atoms with E-state index in [1.807, 2.05) is 31.2 Å². The highest BCUT2D eigenvalue weighted by Gasteiger charge is 2.20. The van der Waals surface area contributed by atoms with Crippen LogP contribution in [0.25, 0.3) is 84.5 Å². The second-order valence-electron chi connectivity index (χ2n) is 16.8. The molecule has 3 aromatic heterocycles. The van der Waals surface area contributed by atoms with Gasteiger partial charge in [0.1, 0.15) is 34.0 Å². The summed E-state index contributed by atoms with van der Waals surface area (Å²) in [5, 5.41) is 3.49. The summed E-state index contributed by atoms with van der Waals surface area (Å²) in [7, 11) is 0. The number of hydrogen-bond acceptors (Lipinski definition) is 4. The minimum Gasteiger partial charge on any atom is -0.456 e. The lowest BCUT2D eigenvalue weighted by molar-refractivity contribution is 0.575. The maximum Gasteiger partial charge on any atom is 0.135 e. The van der Waals surface area contributed by atoms with Crippen LogP contribution in [0.15, 0.2) is 116 Å². The van der Waals surface area contributed by atoms with Crippen molar-refractivity contribution in [2.24, 2.45) is 5.73 Å². The van der Waals surface area contributed by atoms with Crippen molar-refractivity contribution >= 4 is 51.1 Å². The van der Waals surface area contributed by atoms with Gasteiger partial charge in [-0.1, -0.05) is 129 Å². The van der Waals surface area contributed by atoms with Crippen molar-refractivity contribution in [3.63, 3.8) is 0 Å². The van der Waals surface area contributed by atoms with Crippen LogP contribution in [0, 0.1) is 6.92 Å². The second kappa shape index (κ2) is 22.5. The smallest absolute Gasteiger partial charge is 0.135 e. The van der Waals surface area contributed by atoms with E-state index >= 15 is 0 Å². The molecule has 1 aliphatic rings. The Hall–Kier alpha value is -5.58. The maximum absolute atomic E-state index is 6.48. The fourth-order valence-corrected chi connectivity index (χ4v) is 8.44. The van der Waals surface area contributed by atoms with Crippen molar-refractivity contribution in [2.75, 3.05) is 6.54 Å². The first-order valence-corrected chi connectivity index (χ1v) is 23.4. The predicted molar refractivity (Wildman–Crippen MR) is 270 cm³/mol. The molecule has 324 valence electrons. The molecule has 7 aromatic rings. The van der Waals surface area contributed by atoms with Crippen LogP contribution < -0.4 is 5.73 Å². The highest BCUT2D eigenvalue weighted by atomic mass is 16.3. The van der Waals surface area contributed by atoms with Crippen LogP contribution in [0.5, 0.6) is 0 Å². The fraction of sp³-hybridized carbons (Fsp3) is 0.345. The lowest BCUT2D eigenvalue weighted by Crippen LogP contribution is -1.96. The first-order valence-electron chi connectivity index (χ1n) is 23.4. The molecular formula is C58H69NO3. The molecule has 0 fully saturated rings. The Balaban J connectivity index is 0.000000740. The SMILES string of the molecule is C/C=C\c1oc2ccc(-c3cc(-c4ccc5oc6c(c5c4)CCC/C=C/C=C\6)cc(-c4ccc5oc(/C=C\CN)c(C(C)CCCC)c5c4)c3)cc2c1C.CCC.CCCCC. The van der Waals surface area contributed by atoms with Gasteiger partial charge in [-0.2, -0.15) is 0 Å². The van der Waals surface area contributed by atoms with E-state index in [9.17, 15) is 0 Å². The number of unbranched alkanes of at least 4 members (excludes halogenated alkanes) is 3. The van der Waals surface area contributed by atoms with Crippen LogP contribution in [-0.2, 0) is 6.42 Å². The van der Waals surface area contributed by atoms with Crippen LogP contribution in [0.1, 0.15) is 146 Å². The number of nitrogens with two attached hydrogens (primary N) is 1. The second-order valence-corrected chi connectivity index (χ2v) is 16.8. The summed E-state index contributed by atoms with van der Waals surface area (Å²) < 4.78 is 19.1. The Morgan fingerprint density at radius 1 is 0.645 bits per heavy atom. The molecule has 0 saturated heterocycles. The third-order valence-corrected chi connectivity index (χ3v) is 11.7. The van der Waals surface area contributed by atoms with E-state index < -0.39 is 0 Å². The molecule has 0 radical (unpaired) electrons. The zero-order valence-electron chi connectivity index (χ0n) is 38.7. The monoisotopic (exact) mass is 828 g/mol. The summed E-state index contributed by atoms with van der Waals surface area (Å²) >= 11 is 0. The third kappa shape index (κ3) is 10.7. The molecule has 0 spiro atoms. The van der Waals surface area contributed by atoms with Crippen molar-refractivity contribution in [1.29, 1.82) is 0 Å². The van der Waals surface area contributed by atoms with Crippen molar-refractivity contribution in [3.05, 3.63) is 137 Å². The first kappa shape index (κ1) is 45.9. The minimum absolute atomic E-state index is 0.356. The fourth-order valence-electron chi connectivity index (χ4n) is 8.44. The summed E-state index contributed by atoms with van der Waals surface area (Å²) in [6.45, 7) is 17.9.